The number of hydrogen-bond donors (Lipinski definition) is 0. The third-order valence-electron chi connectivity index (χ3n) is 3.55. The fourth-order valence-corrected chi connectivity index (χ4v) is 3.21. The van der Waals surface area contributed by atoms with E-state index in [2.05, 4.69) is 49.1 Å². The van der Waals surface area contributed by atoms with Crippen molar-refractivity contribution in [1.82, 2.24) is 10.1 Å². The van der Waals surface area contributed by atoms with Gasteiger partial charge < -0.3 is 4.52 Å². The van der Waals surface area contributed by atoms with Crippen molar-refractivity contribution >= 4 is 11.8 Å². The van der Waals surface area contributed by atoms with Crippen molar-refractivity contribution in [3.63, 3.8) is 0 Å². The quantitative estimate of drug-likeness (QED) is 0.795. The van der Waals surface area contributed by atoms with Gasteiger partial charge in [0.05, 0.1) is 5.75 Å². The van der Waals surface area contributed by atoms with Crippen molar-refractivity contribution in [2.75, 3.05) is 0 Å². The van der Waals surface area contributed by atoms with Gasteiger partial charge in [-0.1, -0.05) is 32.0 Å². The lowest BCUT2D eigenvalue weighted by atomic mass is 9.97. The standard InChI is InChI=1S/C16H20N2OS/c1-16(2,3)15-17-14(18-19-15)10-20-13-8-7-11-5-4-6-12(11)9-13/h7-9H,4-6,10H2,1-3H3. The van der Waals surface area contributed by atoms with Crippen LogP contribution in [0.15, 0.2) is 27.6 Å². The highest BCUT2D eigenvalue weighted by atomic mass is 32.2. The second-order valence-electron chi connectivity index (χ2n) is 6.34. The summed E-state index contributed by atoms with van der Waals surface area (Å²) in [5, 5.41) is 4.06. The lowest BCUT2D eigenvalue weighted by molar-refractivity contribution is 0.319. The van der Waals surface area contributed by atoms with Crippen LogP contribution >= 0.6 is 11.8 Å². The van der Waals surface area contributed by atoms with E-state index in [9.17, 15) is 0 Å². The first-order valence-corrected chi connectivity index (χ1v) is 8.08. The topological polar surface area (TPSA) is 38.9 Å². The number of aryl methyl sites for hydroxylation is 2. The zero-order valence-electron chi connectivity index (χ0n) is 12.3. The van der Waals surface area contributed by atoms with Crippen molar-refractivity contribution in [3.05, 3.63) is 41.0 Å². The molecule has 3 rings (SSSR count). The average Bonchev–Trinajstić information content (AvgIpc) is 3.04. The zero-order valence-corrected chi connectivity index (χ0v) is 13.1. The SMILES string of the molecule is CC(C)(C)c1nc(CSc2ccc3c(c2)CCC3)no1. The molecule has 3 nitrogen and oxygen atoms in total. The van der Waals surface area contributed by atoms with Crippen LogP contribution in [-0.4, -0.2) is 10.1 Å². The molecule has 1 aliphatic carbocycles. The molecule has 2 aromatic rings. The Morgan fingerprint density at radius 3 is 2.75 bits per heavy atom. The van der Waals surface area contributed by atoms with E-state index < -0.39 is 0 Å². The molecule has 1 aromatic heterocycles. The van der Waals surface area contributed by atoms with Gasteiger partial charge in [0, 0.05) is 10.3 Å². The third kappa shape index (κ3) is 2.90. The minimum Gasteiger partial charge on any atom is -0.339 e. The van der Waals surface area contributed by atoms with Crippen LogP contribution in [0.3, 0.4) is 0 Å². The monoisotopic (exact) mass is 288 g/mol. The Kier molecular flexibility index (Phi) is 3.59. The third-order valence-corrected chi connectivity index (χ3v) is 4.54. The average molecular weight is 288 g/mol. The maximum Gasteiger partial charge on any atom is 0.232 e. The van der Waals surface area contributed by atoms with Gasteiger partial charge in [0.2, 0.25) is 5.89 Å². The highest BCUT2D eigenvalue weighted by Gasteiger charge is 2.21. The van der Waals surface area contributed by atoms with Gasteiger partial charge in [-0.25, -0.2) is 0 Å². The van der Waals surface area contributed by atoms with Gasteiger partial charge in [-0.2, -0.15) is 4.98 Å². The van der Waals surface area contributed by atoms with Crippen LogP contribution in [0.4, 0.5) is 0 Å². The van der Waals surface area contributed by atoms with E-state index >= 15 is 0 Å². The number of hydrogen-bond acceptors (Lipinski definition) is 4. The molecule has 0 atom stereocenters. The summed E-state index contributed by atoms with van der Waals surface area (Å²) in [4.78, 5) is 5.77. The summed E-state index contributed by atoms with van der Waals surface area (Å²) in [5.41, 5.74) is 2.95. The van der Waals surface area contributed by atoms with Crippen molar-refractivity contribution in [1.29, 1.82) is 0 Å². The maximum absolute atomic E-state index is 5.32. The molecule has 1 aliphatic rings. The Morgan fingerprint density at radius 1 is 1.20 bits per heavy atom. The maximum atomic E-state index is 5.32. The Balaban J connectivity index is 1.66. The van der Waals surface area contributed by atoms with Crippen LogP contribution < -0.4 is 0 Å². The summed E-state index contributed by atoms with van der Waals surface area (Å²) in [5.74, 6) is 2.25. The lowest BCUT2D eigenvalue weighted by Crippen LogP contribution is -2.11. The van der Waals surface area contributed by atoms with Crippen LogP contribution in [0, 0.1) is 0 Å². The second kappa shape index (κ2) is 5.24. The highest BCUT2D eigenvalue weighted by Crippen LogP contribution is 2.29. The smallest absolute Gasteiger partial charge is 0.232 e. The molecular formula is C16H20N2OS. The molecule has 20 heavy (non-hydrogen) atoms. The molecule has 4 heteroatoms. The van der Waals surface area contributed by atoms with Gasteiger partial charge in [0.25, 0.3) is 0 Å². The number of benzene rings is 1. The number of fused-ring (bicyclic) bond motifs is 1. The van der Waals surface area contributed by atoms with Crippen molar-refractivity contribution < 1.29 is 4.52 Å². The molecule has 0 amide bonds. The normalized spacial score (nSPS) is 14.6. The first kappa shape index (κ1) is 13.7. The largest absolute Gasteiger partial charge is 0.339 e. The molecule has 0 radical (unpaired) electrons. The summed E-state index contributed by atoms with van der Waals surface area (Å²) in [6.45, 7) is 6.24. The molecule has 0 saturated heterocycles. The Bertz CT molecular complexity index is 613. The highest BCUT2D eigenvalue weighted by molar-refractivity contribution is 7.98. The lowest BCUT2D eigenvalue weighted by Gasteiger charge is -2.10. The molecule has 0 bridgehead atoms. The summed E-state index contributed by atoms with van der Waals surface area (Å²) >= 11 is 1.78. The van der Waals surface area contributed by atoms with Gasteiger partial charge in [0.1, 0.15) is 0 Å². The first-order valence-electron chi connectivity index (χ1n) is 7.10. The van der Waals surface area contributed by atoms with Crippen LogP contribution in [-0.2, 0) is 24.0 Å². The Hall–Kier alpha value is -1.29. The molecule has 0 unspecified atom stereocenters. The van der Waals surface area contributed by atoms with Gasteiger partial charge >= 0.3 is 0 Å². The number of aromatic nitrogens is 2. The molecule has 0 spiro atoms. The molecule has 0 aliphatic heterocycles. The van der Waals surface area contributed by atoms with Crippen molar-refractivity contribution in [3.8, 4) is 0 Å². The first-order chi connectivity index (χ1) is 9.52. The number of nitrogens with zero attached hydrogens (tertiary/aromatic N) is 2. The van der Waals surface area contributed by atoms with E-state index in [0.29, 0.717) is 5.89 Å². The summed E-state index contributed by atoms with van der Waals surface area (Å²) < 4.78 is 5.32. The summed E-state index contributed by atoms with van der Waals surface area (Å²) in [6, 6.07) is 6.79. The van der Waals surface area contributed by atoms with Crippen LogP contribution in [0.1, 0.15) is 50.0 Å². The van der Waals surface area contributed by atoms with E-state index in [1.807, 2.05) is 0 Å². The van der Waals surface area contributed by atoms with Gasteiger partial charge in [-0.3, -0.25) is 0 Å². The van der Waals surface area contributed by atoms with E-state index in [4.69, 9.17) is 4.52 Å². The van der Waals surface area contributed by atoms with Gasteiger partial charge in [-0.15, -0.1) is 11.8 Å². The zero-order chi connectivity index (χ0) is 14.2. The Morgan fingerprint density at radius 2 is 2.00 bits per heavy atom. The Labute approximate surface area is 124 Å². The molecular weight excluding hydrogens is 268 g/mol. The van der Waals surface area contributed by atoms with E-state index in [-0.39, 0.29) is 5.41 Å². The van der Waals surface area contributed by atoms with Crippen LogP contribution in [0.25, 0.3) is 0 Å². The van der Waals surface area contributed by atoms with Crippen molar-refractivity contribution in [2.24, 2.45) is 0 Å². The van der Waals surface area contributed by atoms with Gasteiger partial charge in [-0.05, 0) is 42.5 Å². The van der Waals surface area contributed by atoms with Crippen LogP contribution in [0.5, 0.6) is 0 Å². The molecule has 0 saturated carbocycles. The molecule has 1 heterocycles. The van der Waals surface area contributed by atoms with E-state index in [1.54, 1.807) is 11.8 Å². The second-order valence-corrected chi connectivity index (χ2v) is 7.39. The molecule has 1 aromatic carbocycles. The fourth-order valence-electron chi connectivity index (χ4n) is 2.40. The number of thioether (sulfide) groups is 1. The number of rotatable bonds is 3. The fraction of sp³-hybridized carbons (Fsp3) is 0.500. The minimum absolute atomic E-state index is 0.0799. The van der Waals surface area contributed by atoms with Crippen molar-refractivity contribution in [2.45, 2.75) is 56.1 Å². The van der Waals surface area contributed by atoms with E-state index in [0.717, 1.165) is 11.6 Å². The molecule has 106 valence electrons. The van der Waals surface area contributed by atoms with Crippen LogP contribution in [0.2, 0.25) is 0 Å². The minimum atomic E-state index is -0.0799. The molecule has 0 fully saturated rings. The van der Waals surface area contributed by atoms with Gasteiger partial charge in [0.15, 0.2) is 5.82 Å². The predicted octanol–water partition coefficient (Wildman–Crippen LogP) is 4.15. The summed E-state index contributed by atoms with van der Waals surface area (Å²) in [6.07, 6.45) is 3.75. The summed E-state index contributed by atoms with van der Waals surface area (Å²) in [7, 11) is 0. The molecule has 0 N–H and O–H groups in total. The predicted molar refractivity (Wildman–Crippen MR) is 81.0 cm³/mol. The van der Waals surface area contributed by atoms with E-state index in [1.165, 1.54) is 35.3 Å².